The molecule has 0 saturated heterocycles. The molecule has 0 aromatic carbocycles. The van der Waals surface area contributed by atoms with E-state index in [1.807, 2.05) is 6.08 Å². The van der Waals surface area contributed by atoms with E-state index in [-0.39, 0.29) is 18.5 Å². The van der Waals surface area contributed by atoms with Crippen LogP contribution in [0.3, 0.4) is 0 Å². The molecule has 0 rings (SSSR count). The van der Waals surface area contributed by atoms with E-state index in [1.54, 1.807) is 6.08 Å². The van der Waals surface area contributed by atoms with E-state index < -0.39 is 12.1 Å². The lowest BCUT2D eigenvalue weighted by Crippen LogP contribution is -2.45. The number of carbonyl (C=O) groups is 2. The second-order valence-corrected chi connectivity index (χ2v) is 21.4. The highest BCUT2D eigenvalue weighted by molar-refractivity contribution is 5.76. The van der Waals surface area contributed by atoms with Crippen LogP contribution in [0.4, 0.5) is 0 Å². The Morgan fingerprint density at radius 1 is 0.400 bits per heavy atom. The van der Waals surface area contributed by atoms with Crippen molar-refractivity contribution in [2.45, 2.75) is 347 Å². The molecule has 0 radical (unpaired) electrons. The second kappa shape index (κ2) is 59.6. The van der Waals surface area contributed by atoms with E-state index >= 15 is 0 Å². The predicted molar refractivity (Wildman–Crippen MR) is 306 cm³/mol. The van der Waals surface area contributed by atoms with Crippen molar-refractivity contribution in [3.63, 3.8) is 0 Å². The molecule has 70 heavy (non-hydrogen) atoms. The summed E-state index contributed by atoms with van der Waals surface area (Å²) in [6.07, 6.45) is 74.7. The Labute approximate surface area is 436 Å². The van der Waals surface area contributed by atoms with Crippen LogP contribution in [0.1, 0.15) is 335 Å². The van der Waals surface area contributed by atoms with Gasteiger partial charge in [0.15, 0.2) is 0 Å². The number of rotatable bonds is 58. The summed E-state index contributed by atoms with van der Waals surface area (Å²) in [5, 5.41) is 23.2. The van der Waals surface area contributed by atoms with E-state index in [4.69, 9.17) is 4.74 Å². The van der Waals surface area contributed by atoms with Crippen LogP contribution in [0.5, 0.6) is 0 Å². The van der Waals surface area contributed by atoms with E-state index in [0.29, 0.717) is 19.4 Å². The molecule has 6 nitrogen and oxygen atoms in total. The number of allylic oxidation sites excluding steroid dienone is 5. The topological polar surface area (TPSA) is 95.9 Å². The van der Waals surface area contributed by atoms with Crippen molar-refractivity contribution in [3.05, 3.63) is 36.5 Å². The quantitative estimate of drug-likeness (QED) is 0.0321. The molecule has 0 aliphatic carbocycles. The van der Waals surface area contributed by atoms with Gasteiger partial charge in [-0.2, -0.15) is 0 Å². The van der Waals surface area contributed by atoms with Crippen molar-refractivity contribution >= 4 is 11.9 Å². The summed E-state index contributed by atoms with van der Waals surface area (Å²) in [6, 6.07) is -0.628. The van der Waals surface area contributed by atoms with Gasteiger partial charge in [-0.15, -0.1) is 0 Å². The van der Waals surface area contributed by atoms with Crippen LogP contribution in [0.15, 0.2) is 36.5 Å². The fourth-order valence-corrected chi connectivity index (χ4v) is 9.59. The third-order valence-electron chi connectivity index (χ3n) is 14.4. The SMILES string of the molecule is CCCC/C=C\C/C=C\CCCCCCCC(=O)OCCCCCCCCCCCCCCCCCCCCCCCCCC(=O)NC(CO)C(O)/C=C/CCCCCCCCCCCCCCCC. The summed E-state index contributed by atoms with van der Waals surface area (Å²) in [4.78, 5) is 24.5. The van der Waals surface area contributed by atoms with Crippen molar-refractivity contribution in [1.29, 1.82) is 0 Å². The van der Waals surface area contributed by atoms with Gasteiger partial charge in [-0.1, -0.05) is 301 Å². The maximum Gasteiger partial charge on any atom is 0.305 e. The molecular formula is C64H121NO5. The fraction of sp³-hybridized carbons (Fsp3) is 0.875. The molecule has 0 spiro atoms. The number of hydrogen-bond donors (Lipinski definition) is 3. The van der Waals surface area contributed by atoms with Crippen molar-refractivity contribution in [3.8, 4) is 0 Å². The first-order valence-electron chi connectivity index (χ1n) is 31.3. The first kappa shape index (κ1) is 68.1. The maximum absolute atomic E-state index is 12.5. The third-order valence-corrected chi connectivity index (χ3v) is 14.4. The number of aliphatic hydroxyl groups is 2. The summed E-state index contributed by atoms with van der Waals surface area (Å²) in [7, 11) is 0. The van der Waals surface area contributed by atoms with Crippen LogP contribution >= 0.6 is 0 Å². The number of amides is 1. The number of unbranched alkanes of at least 4 members (excludes halogenated alkanes) is 43. The Morgan fingerprint density at radius 3 is 1.13 bits per heavy atom. The van der Waals surface area contributed by atoms with Crippen molar-refractivity contribution < 1.29 is 24.5 Å². The maximum atomic E-state index is 12.5. The molecule has 0 saturated carbocycles. The minimum Gasteiger partial charge on any atom is -0.466 e. The number of hydrogen-bond acceptors (Lipinski definition) is 5. The van der Waals surface area contributed by atoms with Crippen LogP contribution in [0.25, 0.3) is 0 Å². The smallest absolute Gasteiger partial charge is 0.305 e. The molecule has 0 fully saturated rings. The Balaban J connectivity index is 3.40. The Hall–Kier alpha value is -1.92. The Bertz CT molecular complexity index is 1130. The van der Waals surface area contributed by atoms with Gasteiger partial charge in [-0.3, -0.25) is 9.59 Å². The first-order chi connectivity index (χ1) is 34.5. The minimum atomic E-state index is -0.844. The van der Waals surface area contributed by atoms with Gasteiger partial charge in [-0.25, -0.2) is 0 Å². The molecule has 0 aliphatic rings. The van der Waals surface area contributed by atoms with Crippen molar-refractivity contribution in [2.75, 3.05) is 13.2 Å². The van der Waals surface area contributed by atoms with Gasteiger partial charge >= 0.3 is 5.97 Å². The molecule has 0 heterocycles. The van der Waals surface area contributed by atoms with Gasteiger partial charge in [0, 0.05) is 12.8 Å². The van der Waals surface area contributed by atoms with Crippen molar-refractivity contribution in [2.24, 2.45) is 0 Å². The molecule has 1 amide bonds. The molecule has 0 aliphatic heterocycles. The van der Waals surface area contributed by atoms with Gasteiger partial charge in [0.1, 0.15) is 0 Å². The molecular weight excluding hydrogens is 863 g/mol. The largest absolute Gasteiger partial charge is 0.466 e. The van der Waals surface area contributed by atoms with Gasteiger partial charge in [0.05, 0.1) is 25.4 Å². The summed E-state index contributed by atoms with van der Waals surface area (Å²) in [5.41, 5.74) is 0. The summed E-state index contributed by atoms with van der Waals surface area (Å²) >= 11 is 0. The fourth-order valence-electron chi connectivity index (χ4n) is 9.59. The van der Waals surface area contributed by atoms with Gasteiger partial charge in [0.2, 0.25) is 5.91 Å². The lowest BCUT2D eigenvalue weighted by Gasteiger charge is -2.20. The number of esters is 1. The predicted octanol–water partition coefficient (Wildman–Crippen LogP) is 19.6. The average molecular weight is 985 g/mol. The standard InChI is InChI=1S/C64H121NO5/c1-3-5-7-9-11-13-15-17-19-29-32-36-40-44-48-52-56-62(67)61(60-66)65-63(68)57-53-49-45-41-37-33-30-27-25-23-21-20-22-24-26-28-31-35-39-43-47-51-55-59-70-64(69)58-54-50-46-42-38-34-18-16-14-12-10-8-6-4-2/h10,12,16,18,52,56,61-62,66-67H,3-9,11,13-15,17,19-51,53-55,57-60H2,1-2H3,(H,65,68)/b12-10-,18-16-,56-52+. The zero-order valence-electron chi connectivity index (χ0n) is 47.0. The molecule has 0 aromatic heterocycles. The van der Waals surface area contributed by atoms with Crippen LogP contribution < -0.4 is 5.32 Å². The van der Waals surface area contributed by atoms with Crippen molar-refractivity contribution in [1.82, 2.24) is 5.32 Å². The lowest BCUT2D eigenvalue weighted by molar-refractivity contribution is -0.143. The van der Waals surface area contributed by atoms with E-state index in [1.165, 1.54) is 257 Å². The van der Waals surface area contributed by atoms with Crippen LogP contribution in [0.2, 0.25) is 0 Å². The van der Waals surface area contributed by atoms with Crippen LogP contribution in [-0.4, -0.2) is 47.4 Å². The molecule has 0 bridgehead atoms. The highest BCUT2D eigenvalue weighted by atomic mass is 16.5. The number of nitrogens with one attached hydrogen (secondary N) is 1. The third kappa shape index (κ3) is 55.4. The zero-order valence-corrected chi connectivity index (χ0v) is 47.0. The summed E-state index contributed by atoms with van der Waals surface area (Å²) in [6.45, 7) is 4.87. The van der Waals surface area contributed by atoms with Gasteiger partial charge < -0.3 is 20.3 Å². The van der Waals surface area contributed by atoms with Crippen LogP contribution in [-0.2, 0) is 14.3 Å². The number of carbonyl (C=O) groups excluding carboxylic acids is 2. The lowest BCUT2D eigenvalue weighted by atomic mass is 10.0. The molecule has 2 atom stereocenters. The second-order valence-electron chi connectivity index (χ2n) is 21.4. The van der Waals surface area contributed by atoms with E-state index in [9.17, 15) is 19.8 Å². The number of ether oxygens (including phenoxy) is 1. The minimum absolute atomic E-state index is 0.000741. The van der Waals surface area contributed by atoms with E-state index in [2.05, 4.69) is 43.5 Å². The average Bonchev–Trinajstić information content (AvgIpc) is 3.36. The van der Waals surface area contributed by atoms with Gasteiger partial charge in [-0.05, 0) is 57.8 Å². The molecule has 412 valence electrons. The number of aliphatic hydroxyl groups excluding tert-OH is 2. The highest BCUT2D eigenvalue weighted by Crippen LogP contribution is 2.18. The Kier molecular flexibility index (Phi) is 58.0. The first-order valence-corrected chi connectivity index (χ1v) is 31.3. The summed E-state index contributed by atoms with van der Waals surface area (Å²) < 4.78 is 5.47. The Morgan fingerprint density at radius 2 is 0.729 bits per heavy atom. The molecule has 3 N–H and O–H groups in total. The molecule has 0 aromatic rings. The summed E-state index contributed by atoms with van der Waals surface area (Å²) in [5.74, 6) is -0.0668. The van der Waals surface area contributed by atoms with Gasteiger partial charge in [0.25, 0.3) is 0 Å². The zero-order chi connectivity index (χ0) is 50.7. The monoisotopic (exact) mass is 984 g/mol. The van der Waals surface area contributed by atoms with Crippen LogP contribution in [0, 0.1) is 0 Å². The molecule has 6 heteroatoms. The van der Waals surface area contributed by atoms with E-state index in [0.717, 1.165) is 51.4 Å². The normalized spacial score (nSPS) is 12.8. The highest BCUT2D eigenvalue weighted by Gasteiger charge is 2.18. The molecule has 2 unspecified atom stereocenters.